The Morgan fingerprint density at radius 2 is 1.86 bits per heavy atom. The highest BCUT2D eigenvalue weighted by atomic mass is 32.1. The Morgan fingerprint density at radius 1 is 1.19 bits per heavy atom. The Balaban J connectivity index is 2.76. The zero-order valence-electron chi connectivity index (χ0n) is 12.7. The second-order valence-electron chi connectivity index (χ2n) is 5.55. The third-order valence-corrected chi connectivity index (χ3v) is 4.36. The molecule has 0 fully saturated rings. The molecule has 0 saturated carbocycles. The van der Waals surface area contributed by atoms with Crippen LogP contribution in [0, 0.1) is 19.8 Å². The normalized spacial score (nSPS) is 10.9. The van der Waals surface area contributed by atoms with Gasteiger partial charge in [-0.15, -0.1) is 11.3 Å². The van der Waals surface area contributed by atoms with Crippen LogP contribution in [-0.2, 0) is 0 Å². The second-order valence-corrected chi connectivity index (χ2v) is 6.47. The Hall–Kier alpha value is -1.94. The monoisotopic (exact) mass is 301 g/mol. The summed E-state index contributed by atoms with van der Waals surface area (Å²) >= 11 is 1.31. The lowest BCUT2D eigenvalue weighted by Crippen LogP contribution is -2.13. The van der Waals surface area contributed by atoms with E-state index in [-0.39, 0.29) is 11.7 Å². The Morgan fingerprint density at radius 3 is 2.43 bits per heavy atom. The van der Waals surface area contributed by atoms with Crippen molar-refractivity contribution in [2.24, 2.45) is 11.7 Å². The maximum atomic E-state index is 12.5. The van der Waals surface area contributed by atoms with E-state index >= 15 is 0 Å². The van der Waals surface area contributed by atoms with Gasteiger partial charge >= 0.3 is 0 Å². The molecular formula is C17H19NO2S. The van der Waals surface area contributed by atoms with E-state index in [4.69, 9.17) is 5.73 Å². The van der Waals surface area contributed by atoms with E-state index in [2.05, 4.69) is 0 Å². The van der Waals surface area contributed by atoms with E-state index < -0.39 is 5.91 Å². The number of amides is 1. The standard InChI is InChI=1S/C17H19NO2S/c1-9(2)15(19)13-8-10(3)7-11(4)14(13)12-5-6-21-16(12)17(18)20/h5-9H,1-4H3,(H2,18,20). The van der Waals surface area contributed by atoms with Crippen LogP contribution in [0.15, 0.2) is 23.6 Å². The third-order valence-electron chi connectivity index (χ3n) is 3.43. The topological polar surface area (TPSA) is 60.2 Å². The molecule has 0 atom stereocenters. The van der Waals surface area contributed by atoms with Crippen molar-refractivity contribution in [1.29, 1.82) is 0 Å². The SMILES string of the molecule is Cc1cc(C)c(-c2ccsc2C(N)=O)c(C(=O)C(C)C)c1. The van der Waals surface area contributed by atoms with Crippen LogP contribution in [0.3, 0.4) is 0 Å². The zero-order valence-corrected chi connectivity index (χ0v) is 13.5. The first-order valence-electron chi connectivity index (χ1n) is 6.86. The van der Waals surface area contributed by atoms with Gasteiger partial charge in [-0.1, -0.05) is 25.5 Å². The van der Waals surface area contributed by atoms with E-state index in [9.17, 15) is 9.59 Å². The number of primary amides is 1. The lowest BCUT2D eigenvalue weighted by Gasteiger charge is -2.15. The number of carbonyl (C=O) groups is 2. The Kier molecular flexibility index (Phi) is 4.28. The summed E-state index contributed by atoms with van der Waals surface area (Å²) < 4.78 is 0. The fourth-order valence-electron chi connectivity index (χ4n) is 2.53. The summed E-state index contributed by atoms with van der Waals surface area (Å²) in [5.74, 6) is -0.470. The van der Waals surface area contributed by atoms with E-state index in [0.29, 0.717) is 10.4 Å². The van der Waals surface area contributed by atoms with Gasteiger partial charge in [-0.3, -0.25) is 9.59 Å². The molecule has 0 aliphatic heterocycles. The molecule has 2 N–H and O–H groups in total. The first kappa shape index (κ1) is 15.4. The molecule has 0 aliphatic carbocycles. The number of Topliss-reactive ketones (excluding diaryl/α,β-unsaturated/α-hetero) is 1. The average Bonchev–Trinajstić information content (AvgIpc) is 2.85. The highest BCUT2D eigenvalue weighted by Gasteiger charge is 2.22. The van der Waals surface area contributed by atoms with Crippen LogP contribution < -0.4 is 5.73 Å². The van der Waals surface area contributed by atoms with E-state index in [1.807, 2.05) is 51.3 Å². The van der Waals surface area contributed by atoms with Gasteiger partial charge in [-0.25, -0.2) is 0 Å². The third kappa shape index (κ3) is 2.90. The number of hydrogen-bond donors (Lipinski definition) is 1. The molecule has 3 nitrogen and oxygen atoms in total. The fraction of sp³-hybridized carbons (Fsp3) is 0.294. The molecule has 0 bridgehead atoms. The quantitative estimate of drug-likeness (QED) is 0.869. The van der Waals surface area contributed by atoms with Crippen molar-refractivity contribution in [3.05, 3.63) is 45.1 Å². The first-order chi connectivity index (χ1) is 9.82. The maximum Gasteiger partial charge on any atom is 0.259 e. The lowest BCUT2D eigenvalue weighted by molar-refractivity contribution is 0.0938. The van der Waals surface area contributed by atoms with Crippen LogP contribution in [0.5, 0.6) is 0 Å². The molecule has 0 saturated heterocycles. The minimum absolute atomic E-state index is 0.0819. The van der Waals surface area contributed by atoms with Crippen molar-refractivity contribution in [3.8, 4) is 11.1 Å². The number of carbonyl (C=O) groups excluding carboxylic acids is 2. The Labute approximate surface area is 128 Å². The van der Waals surface area contributed by atoms with Gasteiger partial charge in [0.25, 0.3) is 5.91 Å². The summed E-state index contributed by atoms with van der Waals surface area (Å²) in [5, 5.41) is 1.83. The number of nitrogens with two attached hydrogens (primary N) is 1. The highest BCUT2D eigenvalue weighted by Crippen LogP contribution is 2.35. The van der Waals surface area contributed by atoms with Gasteiger partial charge in [-0.05, 0) is 42.5 Å². The van der Waals surface area contributed by atoms with Crippen molar-refractivity contribution in [1.82, 2.24) is 0 Å². The van der Waals surface area contributed by atoms with Gasteiger partial charge in [0, 0.05) is 17.0 Å². The summed E-state index contributed by atoms with van der Waals surface area (Å²) in [6.45, 7) is 7.69. The van der Waals surface area contributed by atoms with Crippen LogP contribution in [0.2, 0.25) is 0 Å². The van der Waals surface area contributed by atoms with Gasteiger partial charge in [-0.2, -0.15) is 0 Å². The molecule has 1 aromatic carbocycles. The maximum absolute atomic E-state index is 12.5. The van der Waals surface area contributed by atoms with Gasteiger partial charge in [0.1, 0.15) is 0 Å². The van der Waals surface area contributed by atoms with E-state index in [1.54, 1.807) is 0 Å². The molecule has 1 aromatic heterocycles. The minimum atomic E-state index is -0.456. The molecule has 0 aliphatic rings. The number of ketones is 1. The second kappa shape index (κ2) is 5.82. The number of hydrogen-bond acceptors (Lipinski definition) is 3. The molecule has 1 heterocycles. The predicted molar refractivity (Wildman–Crippen MR) is 86.9 cm³/mol. The molecule has 2 rings (SSSR count). The molecule has 0 radical (unpaired) electrons. The lowest BCUT2D eigenvalue weighted by atomic mass is 9.88. The molecule has 110 valence electrons. The summed E-state index contributed by atoms with van der Waals surface area (Å²) in [5.41, 5.74) is 9.73. The molecular weight excluding hydrogens is 282 g/mol. The van der Waals surface area contributed by atoms with Crippen LogP contribution in [0.4, 0.5) is 0 Å². The summed E-state index contributed by atoms with van der Waals surface area (Å²) in [6, 6.07) is 5.78. The van der Waals surface area contributed by atoms with Crippen LogP contribution in [0.25, 0.3) is 11.1 Å². The van der Waals surface area contributed by atoms with Crippen molar-refractivity contribution in [2.45, 2.75) is 27.7 Å². The van der Waals surface area contributed by atoms with Crippen molar-refractivity contribution >= 4 is 23.0 Å². The number of thiophene rings is 1. The largest absolute Gasteiger partial charge is 0.365 e. The first-order valence-corrected chi connectivity index (χ1v) is 7.74. The van der Waals surface area contributed by atoms with Crippen molar-refractivity contribution in [3.63, 3.8) is 0 Å². The molecule has 0 unspecified atom stereocenters. The molecule has 0 spiro atoms. The van der Waals surface area contributed by atoms with Crippen LogP contribution in [-0.4, -0.2) is 11.7 Å². The van der Waals surface area contributed by atoms with Crippen LogP contribution in [0.1, 0.15) is 45.0 Å². The molecule has 1 amide bonds. The van der Waals surface area contributed by atoms with Gasteiger partial charge < -0.3 is 5.73 Å². The number of aryl methyl sites for hydroxylation is 2. The summed E-state index contributed by atoms with van der Waals surface area (Å²) in [6.07, 6.45) is 0. The van der Waals surface area contributed by atoms with Crippen molar-refractivity contribution < 1.29 is 9.59 Å². The van der Waals surface area contributed by atoms with Crippen molar-refractivity contribution in [2.75, 3.05) is 0 Å². The van der Waals surface area contributed by atoms with Crippen LogP contribution >= 0.6 is 11.3 Å². The molecule has 21 heavy (non-hydrogen) atoms. The van der Waals surface area contributed by atoms with E-state index in [1.165, 1.54) is 11.3 Å². The van der Waals surface area contributed by atoms with Gasteiger partial charge in [0.15, 0.2) is 5.78 Å². The average molecular weight is 301 g/mol. The van der Waals surface area contributed by atoms with E-state index in [0.717, 1.165) is 22.3 Å². The number of rotatable bonds is 4. The molecule has 2 aromatic rings. The smallest absolute Gasteiger partial charge is 0.259 e. The minimum Gasteiger partial charge on any atom is -0.365 e. The molecule has 4 heteroatoms. The summed E-state index contributed by atoms with van der Waals surface area (Å²) in [4.78, 5) is 24.6. The van der Waals surface area contributed by atoms with Gasteiger partial charge in [0.2, 0.25) is 0 Å². The zero-order chi connectivity index (χ0) is 15.7. The number of benzene rings is 1. The summed E-state index contributed by atoms with van der Waals surface area (Å²) in [7, 11) is 0. The highest BCUT2D eigenvalue weighted by molar-refractivity contribution is 7.12. The van der Waals surface area contributed by atoms with Gasteiger partial charge in [0.05, 0.1) is 4.88 Å². The fourth-order valence-corrected chi connectivity index (χ4v) is 3.28. The predicted octanol–water partition coefficient (Wildman–Crippen LogP) is 3.97. The Bertz CT molecular complexity index is 714.